The Bertz CT molecular complexity index is 222. The molecule has 17 heavy (non-hydrogen) atoms. The molecule has 0 rings (SSSR count). The Morgan fingerprint density at radius 2 is 1.53 bits per heavy atom. The standard InChI is InChI=1S/C9H19N4O.3FH/c1-7(2)8(14)13-9(11-4,12-5)6-10-3;;;/h6,10-12H,1H2,2-5H3,(H,13,14);3*1H. The highest BCUT2D eigenvalue weighted by Gasteiger charge is 2.27. The number of likely N-dealkylation sites (N-methyl/N-ethyl adjacent to an activating group) is 3. The van der Waals surface area contributed by atoms with Crippen LogP contribution in [-0.2, 0) is 4.79 Å². The van der Waals surface area contributed by atoms with Crippen LogP contribution in [0.15, 0.2) is 12.2 Å². The van der Waals surface area contributed by atoms with Gasteiger partial charge in [0.15, 0.2) is 5.79 Å². The number of hydrogen-bond donors (Lipinski definition) is 4. The van der Waals surface area contributed by atoms with Gasteiger partial charge in [-0.3, -0.25) is 29.5 Å². The summed E-state index contributed by atoms with van der Waals surface area (Å²) in [5, 5.41) is 11.5. The van der Waals surface area contributed by atoms with Crippen LogP contribution < -0.4 is 21.3 Å². The van der Waals surface area contributed by atoms with E-state index < -0.39 is 5.79 Å². The molecule has 0 unspecified atom stereocenters. The van der Waals surface area contributed by atoms with Gasteiger partial charge in [-0.15, -0.1) is 0 Å². The average molecular weight is 259 g/mol. The summed E-state index contributed by atoms with van der Waals surface area (Å²) in [6.07, 6.45) is 0. The monoisotopic (exact) mass is 259 g/mol. The van der Waals surface area contributed by atoms with Crippen LogP contribution in [0.1, 0.15) is 6.92 Å². The third kappa shape index (κ3) is 7.72. The number of amides is 1. The van der Waals surface area contributed by atoms with Gasteiger partial charge in [0.25, 0.3) is 0 Å². The Morgan fingerprint density at radius 1 is 1.12 bits per heavy atom. The Morgan fingerprint density at radius 3 is 1.76 bits per heavy atom. The van der Waals surface area contributed by atoms with Crippen LogP contribution in [-0.4, -0.2) is 32.8 Å². The van der Waals surface area contributed by atoms with Crippen molar-refractivity contribution in [2.24, 2.45) is 0 Å². The minimum Gasteiger partial charge on any atom is -0.320 e. The molecule has 0 aliphatic heterocycles. The highest BCUT2D eigenvalue weighted by Crippen LogP contribution is 1.98. The Balaban J connectivity index is -0.000000282. The van der Waals surface area contributed by atoms with Gasteiger partial charge in [0.05, 0.1) is 6.54 Å². The summed E-state index contributed by atoms with van der Waals surface area (Å²) in [5.41, 5.74) is 0.462. The molecule has 4 N–H and O–H groups in total. The number of carbonyl (C=O) groups excluding carboxylic acids is 1. The summed E-state index contributed by atoms with van der Waals surface area (Å²) in [6.45, 7) is 6.93. The molecule has 0 saturated carbocycles. The normalized spacial score (nSPS) is 9.18. The molecular formula is C9H22F3N4O. The molecule has 0 saturated heterocycles. The maximum atomic E-state index is 11.4. The number of rotatable bonds is 6. The van der Waals surface area contributed by atoms with Gasteiger partial charge in [-0.2, -0.15) is 0 Å². The van der Waals surface area contributed by atoms with Gasteiger partial charge >= 0.3 is 0 Å². The van der Waals surface area contributed by atoms with Gasteiger partial charge in [-0.25, -0.2) is 0 Å². The van der Waals surface area contributed by atoms with Gasteiger partial charge < -0.3 is 10.6 Å². The van der Waals surface area contributed by atoms with Gasteiger partial charge in [-0.1, -0.05) is 6.58 Å². The fourth-order valence-corrected chi connectivity index (χ4v) is 0.933. The van der Waals surface area contributed by atoms with Crippen LogP contribution in [0.3, 0.4) is 0 Å². The van der Waals surface area contributed by atoms with E-state index in [0.29, 0.717) is 5.57 Å². The minimum atomic E-state index is -0.759. The lowest BCUT2D eigenvalue weighted by Crippen LogP contribution is -2.67. The lowest BCUT2D eigenvalue weighted by atomic mass is 10.2. The van der Waals surface area contributed by atoms with Crippen LogP contribution in [0, 0.1) is 6.54 Å². The fraction of sp³-hybridized carbons (Fsp3) is 0.556. The van der Waals surface area contributed by atoms with E-state index in [2.05, 4.69) is 27.8 Å². The van der Waals surface area contributed by atoms with Gasteiger partial charge in [0.2, 0.25) is 5.91 Å². The van der Waals surface area contributed by atoms with Crippen molar-refractivity contribution in [3.63, 3.8) is 0 Å². The van der Waals surface area contributed by atoms with Crippen LogP contribution in [0.2, 0.25) is 0 Å². The first-order chi connectivity index (χ1) is 6.51. The molecule has 0 fully saturated rings. The van der Waals surface area contributed by atoms with Crippen molar-refractivity contribution in [1.82, 2.24) is 21.3 Å². The van der Waals surface area contributed by atoms with Crippen molar-refractivity contribution >= 4 is 5.91 Å². The molecule has 0 bridgehead atoms. The van der Waals surface area contributed by atoms with E-state index in [-0.39, 0.29) is 20.0 Å². The van der Waals surface area contributed by atoms with Crippen molar-refractivity contribution in [2.45, 2.75) is 12.7 Å². The molecule has 0 spiro atoms. The Labute approximate surface area is 99.5 Å². The summed E-state index contributed by atoms with van der Waals surface area (Å²) in [7, 11) is 5.24. The highest BCUT2D eigenvalue weighted by molar-refractivity contribution is 5.92. The van der Waals surface area contributed by atoms with Crippen LogP contribution in [0.5, 0.6) is 0 Å². The Hall–Kier alpha value is -1.12. The predicted octanol–water partition coefficient (Wildman–Crippen LogP) is -0.390. The first-order valence-corrected chi connectivity index (χ1v) is 4.39. The van der Waals surface area contributed by atoms with Crippen molar-refractivity contribution in [2.75, 3.05) is 21.1 Å². The second-order valence-electron chi connectivity index (χ2n) is 2.98. The number of carbonyl (C=O) groups is 1. The predicted molar refractivity (Wildman–Crippen MR) is 64.7 cm³/mol. The molecule has 0 aromatic heterocycles. The second kappa shape index (κ2) is 11.4. The number of nitrogens with one attached hydrogen (secondary N) is 4. The molecular weight excluding hydrogens is 237 g/mol. The first kappa shape index (κ1) is 24.9. The summed E-state index contributed by atoms with van der Waals surface area (Å²) >= 11 is 0. The third-order valence-electron chi connectivity index (χ3n) is 1.85. The highest BCUT2D eigenvalue weighted by atomic mass is 19.0. The van der Waals surface area contributed by atoms with E-state index in [1.54, 1.807) is 34.6 Å². The molecule has 8 heteroatoms. The molecule has 105 valence electrons. The zero-order valence-corrected chi connectivity index (χ0v) is 10.4. The summed E-state index contributed by atoms with van der Waals surface area (Å²) in [4.78, 5) is 11.4. The minimum absolute atomic E-state index is 0. The zero-order valence-electron chi connectivity index (χ0n) is 10.4. The van der Waals surface area contributed by atoms with Crippen molar-refractivity contribution < 1.29 is 18.9 Å². The second-order valence-corrected chi connectivity index (χ2v) is 2.98. The van der Waals surface area contributed by atoms with Crippen molar-refractivity contribution in [3.05, 3.63) is 18.7 Å². The van der Waals surface area contributed by atoms with Crippen molar-refractivity contribution in [1.29, 1.82) is 0 Å². The largest absolute Gasteiger partial charge is 0.320 e. The van der Waals surface area contributed by atoms with Crippen LogP contribution >= 0.6 is 0 Å². The maximum Gasteiger partial charge on any atom is 0.248 e. The van der Waals surface area contributed by atoms with E-state index in [9.17, 15) is 4.79 Å². The molecule has 0 aliphatic carbocycles. The molecule has 0 heterocycles. The molecule has 0 aliphatic rings. The zero-order chi connectivity index (χ0) is 11.2. The number of halogens is 3. The SMILES string of the molecule is C=C(C)C(=O)NC([CH]NC)(NC)NC.F.F.F. The smallest absolute Gasteiger partial charge is 0.248 e. The fourth-order valence-electron chi connectivity index (χ4n) is 0.933. The van der Waals surface area contributed by atoms with E-state index in [1.165, 1.54) is 0 Å². The van der Waals surface area contributed by atoms with Crippen molar-refractivity contribution in [3.8, 4) is 0 Å². The maximum absolute atomic E-state index is 11.4. The van der Waals surface area contributed by atoms with Gasteiger partial charge in [-0.05, 0) is 28.1 Å². The Kier molecular flexibility index (Phi) is 16.7. The van der Waals surface area contributed by atoms with E-state index >= 15 is 0 Å². The third-order valence-corrected chi connectivity index (χ3v) is 1.85. The molecule has 5 nitrogen and oxygen atoms in total. The van der Waals surface area contributed by atoms with E-state index in [4.69, 9.17) is 0 Å². The quantitative estimate of drug-likeness (QED) is 0.387. The summed E-state index contributed by atoms with van der Waals surface area (Å²) < 4.78 is 0. The molecule has 0 aromatic rings. The lowest BCUT2D eigenvalue weighted by Gasteiger charge is -2.33. The lowest BCUT2D eigenvalue weighted by molar-refractivity contribution is -0.119. The summed E-state index contributed by atoms with van der Waals surface area (Å²) in [6, 6.07) is 0. The van der Waals surface area contributed by atoms with Gasteiger partial charge in [0.1, 0.15) is 0 Å². The molecule has 1 radical (unpaired) electrons. The van der Waals surface area contributed by atoms with E-state index in [0.717, 1.165) is 0 Å². The number of hydrogen-bond acceptors (Lipinski definition) is 4. The molecule has 0 atom stereocenters. The van der Waals surface area contributed by atoms with Crippen LogP contribution in [0.4, 0.5) is 14.1 Å². The van der Waals surface area contributed by atoms with E-state index in [1.807, 2.05) is 0 Å². The molecule has 1 amide bonds. The molecule has 0 aromatic carbocycles. The average Bonchev–Trinajstić information content (AvgIpc) is 2.16. The van der Waals surface area contributed by atoms with Gasteiger partial charge in [0, 0.05) is 5.57 Å². The first-order valence-electron chi connectivity index (χ1n) is 4.39. The van der Waals surface area contributed by atoms with Crippen LogP contribution in [0.25, 0.3) is 0 Å². The summed E-state index contributed by atoms with van der Waals surface area (Å²) in [5.74, 6) is -0.967. The topological polar surface area (TPSA) is 65.2 Å².